The Morgan fingerprint density at radius 1 is 1.07 bits per heavy atom. The highest BCUT2D eigenvalue weighted by Crippen LogP contribution is 2.33. The molecule has 3 heterocycles. The maximum Gasteiger partial charge on any atom is 0.233 e. The number of aliphatic hydroxyl groups excluding tert-OH is 2. The summed E-state index contributed by atoms with van der Waals surface area (Å²) in [4.78, 5) is 13.1. The fourth-order valence-corrected chi connectivity index (χ4v) is 5.27. The van der Waals surface area contributed by atoms with Gasteiger partial charge in [-0.25, -0.2) is 18.1 Å². The molecule has 1 aliphatic rings. The molecule has 14 heteroatoms. The van der Waals surface area contributed by atoms with Crippen molar-refractivity contribution in [1.29, 1.82) is 0 Å². The Morgan fingerprint density at radius 3 is 2.60 bits per heavy atom. The van der Waals surface area contributed by atoms with Crippen molar-refractivity contribution in [3.05, 3.63) is 71.4 Å². The fourth-order valence-electron chi connectivity index (χ4n) is 4.45. The van der Waals surface area contributed by atoms with Crippen molar-refractivity contribution in [2.45, 2.75) is 37.9 Å². The number of rotatable bonds is 9. The van der Waals surface area contributed by atoms with Gasteiger partial charge >= 0.3 is 0 Å². The van der Waals surface area contributed by atoms with Gasteiger partial charge in [-0.15, -0.1) is 0 Å². The number of sulfonamides is 1. The van der Waals surface area contributed by atoms with E-state index in [4.69, 9.17) is 16.2 Å². The maximum absolute atomic E-state index is 12.5. The van der Waals surface area contributed by atoms with E-state index in [9.17, 15) is 18.6 Å². The lowest BCUT2D eigenvalue weighted by Crippen LogP contribution is -2.39. The molecule has 0 spiro atoms. The predicted octanol–water partition coefficient (Wildman–Crippen LogP) is 1.51. The number of aliphatic hydroxyl groups is 2. The van der Waals surface area contributed by atoms with Gasteiger partial charge in [0.15, 0.2) is 17.7 Å². The van der Waals surface area contributed by atoms with E-state index in [1.165, 1.54) is 17.0 Å². The van der Waals surface area contributed by atoms with Crippen LogP contribution in [-0.2, 0) is 21.2 Å². The van der Waals surface area contributed by atoms with Crippen LogP contribution in [0.2, 0.25) is 0 Å². The van der Waals surface area contributed by atoms with Crippen molar-refractivity contribution < 1.29 is 23.4 Å². The number of nitrogens with two attached hydrogens (primary N) is 2. The Hall–Kier alpha value is -4.08. The van der Waals surface area contributed by atoms with Crippen molar-refractivity contribution in [3.8, 4) is 0 Å². The first-order valence-corrected chi connectivity index (χ1v) is 14.1. The van der Waals surface area contributed by atoms with Gasteiger partial charge < -0.3 is 31.7 Å². The van der Waals surface area contributed by atoms with E-state index in [1.54, 1.807) is 24.3 Å². The summed E-state index contributed by atoms with van der Waals surface area (Å²) in [6.45, 7) is 1.74. The van der Waals surface area contributed by atoms with E-state index in [-0.39, 0.29) is 29.5 Å². The van der Waals surface area contributed by atoms with E-state index in [0.29, 0.717) is 11.3 Å². The van der Waals surface area contributed by atoms with Crippen LogP contribution < -0.4 is 21.5 Å². The topological polar surface area (TPSA) is 204 Å². The third kappa shape index (κ3) is 5.61. The van der Waals surface area contributed by atoms with Crippen molar-refractivity contribution in [2.75, 3.05) is 23.3 Å². The number of aromatic nitrogens is 4. The summed E-state index contributed by atoms with van der Waals surface area (Å²) in [6.07, 6.45) is -1.44. The largest absolute Gasteiger partial charge is 0.398 e. The molecule has 0 radical (unpaired) electrons. The lowest BCUT2D eigenvalue weighted by atomic mass is 10.1. The lowest BCUT2D eigenvalue weighted by molar-refractivity contribution is -0.0329. The number of aryl methyl sites for hydroxylation is 1. The standard InChI is InChI=1S/C26H30N8O5S/c1-2-15-7-4-6-10-18(15)31-26-32-23(28)20-24(33-26)34(14-29-20)25-22(36)21(35)19(39-25)13-30-40(37,38)12-11-16-8-3-5-9-17(16)27/h3-12,14,19,21-22,25,30,35-36H,2,13,27H2,1H3,(H3,28,31,32,33)/b12-11+/t19-,21-,22-,25-/m1/s1. The normalized spacial score (nSPS) is 21.4. The number of imidazole rings is 1. The molecule has 8 N–H and O–H groups in total. The highest BCUT2D eigenvalue weighted by Gasteiger charge is 2.44. The van der Waals surface area contributed by atoms with Crippen LogP contribution in [0.3, 0.4) is 0 Å². The quantitative estimate of drug-likeness (QED) is 0.160. The van der Waals surface area contributed by atoms with E-state index < -0.39 is 34.6 Å². The van der Waals surface area contributed by atoms with Crippen LogP contribution in [-0.4, -0.2) is 63.0 Å². The summed E-state index contributed by atoms with van der Waals surface area (Å²) in [6, 6.07) is 14.5. The number of anilines is 4. The van der Waals surface area contributed by atoms with Crippen LogP contribution in [0.15, 0.2) is 60.3 Å². The molecule has 2 aromatic carbocycles. The molecule has 1 aliphatic heterocycles. The molecule has 0 amide bonds. The summed E-state index contributed by atoms with van der Waals surface area (Å²) in [5.41, 5.74) is 15.4. The number of hydrogen-bond donors (Lipinski definition) is 6. The number of hydrogen-bond acceptors (Lipinski definition) is 11. The monoisotopic (exact) mass is 566 g/mol. The van der Waals surface area contributed by atoms with Crippen molar-refractivity contribution in [3.63, 3.8) is 0 Å². The third-order valence-electron chi connectivity index (χ3n) is 6.61. The highest BCUT2D eigenvalue weighted by molar-refractivity contribution is 7.92. The molecule has 4 aromatic rings. The molecule has 0 bridgehead atoms. The van der Waals surface area contributed by atoms with E-state index in [2.05, 4.69) is 25.0 Å². The van der Waals surface area contributed by atoms with Crippen LogP contribution in [0, 0.1) is 0 Å². The third-order valence-corrected chi connectivity index (χ3v) is 7.68. The first-order valence-electron chi connectivity index (χ1n) is 12.6. The molecule has 1 saturated heterocycles. The molecule has 2 aromatic heterocycles. The molecule has 13 nitrogen and oxygen atoms in total. The van der Waals surface area contributed by atoms with Crippen molar-refractivity contribution in [2.24, 2.45) is 0 Å². The summed E-state index contributed by atoms with van der Waals surface area (Å²) in [7, 11) is -3.90. The average molecular weight is 567 g/mol. The van der Waals surface area contributed by atoms with E-state index >= 15 is 0 Å². The van der Waals surface area contributed by atoms with Gasteiger partial charge in [0.2, 0.25) is 16.0 Å². The van der Waals surface area contributed by atoms with Gasteiger partial charge in [0.05, 0.1) is 6.33 Å². The van der Waals surface area contributed by atoms with Gasteiger partial charge in [-0.05, 0) is 35.8 Å². The molecule has 0 aliphatic carbocycles. The zero-order chi connectivity index (χ0) is 28.4. The minimum atomic E-state index is -3.90. The van der Waals surface area contributed by atoms with Crippen LogP contribution in [0.5, 0.6) is 0 Å². The number of nitrogen functional groups attached to an aromatic ring is 2. The van der Waals surface area contributed by atoms with Crippen molar-refractivity contribution in [1.82, 2.24) is 24.2 Å². The van der Waals surface area contributed by atoms with Gasteiger partial charge in [-0.3, -0.25) is 4.57 Å². The lowest BCUT2D eigenvalue weighted by Gasteiger charge is -2.17. The summed E-state index contributed by atoms with van der Waals surface area (Å²) < 4.78 is 34.7. The second kappa shape index (κ2) is 11.2. The molecule has 40 heavy (non-hydrogen) atoms. The minimum Gasteiger partial charge on any atom is -0.398 e. The van der Waals surface area contributed by atoms with Crippen LogP contribution >= 0.6 is 0 Å². The van der Waals surface area contributed by atoms with E-state index in [0.717, 1.165) is 23.1 Å². The smallest absolute Gasteiger partial charge is 0.233 e. The highest BCUT2D eigenvalue weighted by atomic mass is 32.2. The SMILES string of the molecule is CCc1ccccc1Nc1nc(N)c2ncn([C@@H]3O[C@H](CNS(=O)(=O)/C=C/c4ccccc4N)[C@@H](O)[C@H]3O)c2n1. The summed E-state index contributed by atoms with van der Waals surface area (Å²) >= 11 is 0. The molecule has 4 atom stereocenters. The van der Waals surface area contributed by atoms with Crippen LogP contribution in [0.1, 0.15) is 24.3 Å². The Balaban J connectivity index is 1.33. The Labute approximate surface area is 230 Å². The van der Waals surface area contributed by atoms with Gasteiger partial charge in [0.1, 0.15) is 23.8 Å². The molecule has 0 unspecified atom stereocenters. The summed E-state index contributed by atoms with van der Waals surface area (Å²) in [5, 5.41) is 25.6. The van der Waals surface area contributed by atoms with Gasteiger partial charge in [0, 0.05) is 23.3 Å². The number of benzene rings is 2. The molecule has 0 saturated carbocycles. The zero-order valence-corrected chi connectivity index (χ0v) is 22.4. The summed E-state index contributed by atoms with van der Waals surface area (Å²) in [5.74, 6) is 0.333. The number of fused-ring (bicyclic) bond motifs is 1. The first-order chi connectivity index (χ1) is 19.2. The van der Waals surface area contributed by atoms with Gasteiger partial charge in [-0.2, -0.15) is 9.97 Å². The fraction of sp³-hybridized carbons (Fsp3) is 0.269. The predicted molar refractivity (Wildman–Crippen MR) is 152 cm³/mol. The van der Waals surface area contributed by atoms with Crippen LogP contribution in [0.25, 0.3) is 17.2 Å². The van der Waals surface area contributed by atoms with Crippen LogP contribution in [0.4, 0.5) is 23.1 Å². The zero-order valence-electron chi connectivity index (χ0n) is 21.5. The van der Waals surface area contributed by atoms with E-state index in [1.807, 2.05) is 31.2 Å². The molecular formula is C26H30N8O5S. The molecule has 210 valence electrons. The second-order valence-electron chi connectivity index (χ2n) is 9.26. The minimum absolute atomic E-state index is 0.114. The number of ether oxygens (including phenoxy) is 1. The molecular weight excluding hydrogens is 536 g/mol. The maximum atomic E-state index is 12.5. The van der Waals surface area contributed by atoms with Gasteiger partial charge in [-0.1, -0.05) is 43.3 Å². The second-order valence-corrected chi connectivity index (χ2v) is 10.9. The number of para-hydroxylation sites is 2. The molecule has 1 fully saturated rings. The Morgan fingerprint density at radius 2 is 1.82 bits per heavy atom. The van der Waals surface area contributed by atoms with Gasteiger partial charge in [0.25, 0.3) is 0 Å². The Kier molecular flexibility index (Phi) is 7.69. The number of nitrogens with one attached hydrogen (secondary N) is 2. The number of nitrogens with zero attached hydrogens (tertiary/aromatic N) is 4. The molecule has 5 rings (SSSR count). The first kappa shape index (κ1) is 27.5. The Bertz CT molecular complexity index is 1660. The van der Waals surface area contributed by atoms with Crippen molar-refractivity contribution >= 4 is 50.4 Å². The average Bonchev–Trinajstić information content (AvgIpc) is 3.48.